The highest BCUT2D eigenvalue weighted by molar-refractivity contribution is 5.69. The van der Waals surface area contributed by atoms with Gasteiger partial charge in [-0.05, 0) is 81.7 Å². The van der Waals surface area contributed by atoms with Crippen molar-refractivity contribution >= 4 is 11.9 Å². The molecule has 326 valence electrons. The van der Waals surface area contributed by atoms with Crippen LogP contribution in [0.1, 0.15) is 239 Å². The summed E-state index contributed by atoms with van der Waals surface area (Å²) in [5.74, 6) is 1.44. The summed E-state index contributed by atoms with van der Waals surface area (Å²) in [6.07, 6.45) is 36.3. The average Bonchev–Trinajstić information content (AvgIpc) is 3.20. The van der Waals surface area contributed by atoms with Crippen molar-refractivity contribution in [3.8, 4) is 0 Å². The molecule has 1 aromatic rings. The lowest BCUT2D eigenvalue weighted by molar-refractivity contribution is -0.144. The van der Waals surface area contributed by atoms with Gasteiger partial charge in [-0.3, -0.25) is 14.5 Å². The number of esters is 2. The average molecular weight is 784 g/mol. The van der Waals surface area contributed by atoms with E-state index in [1.807, 2.05) is 0 Å². The second-order valence-electron chi connectivity index (χ2n) is 17.3. The van der Waals surface area contributed by atoms with Gasteiger partial charge >= 0.3 is 11.9 Å². The number of rotatable bonds is 41. The third kappa shape index (κ3) is 30.2. The molecule has 0 radical (unpaired) electrons. The summed E-state index contributed by atoms with van der Waals surface area (Å²) in [4.78, 5) is 27.8. The summed E-state index contributed by atoms with van der Waals surface area (Å²) in [6.45, 7) is 14.7. The smallest absolute Gasteiger partial charge is 0.305 e. The summed E-state index contributed by atoms with van der Waals surface area (Å²) in [7, 11) is 0. The van der Waals surface area contributed by atoms with E-state index in [0.29, 0.717) is 38.0 Å². The lowest BCUT2D eigenvalue weighted by Crippen LogP contribution is -2.37. The fourth-order valence-corrected chi connectivity index (χ4v) is 8.48. The molecule has 0 N–H and O–H groups in total. The van der Waals surface area contributed by atoms with E-state index in [1.54, 1.807) is 0 Å². The Morgan fingerprint density at radius 3 is 1.46 bits per heavy atom. The molecular formula is C51H93NO4. The first kappa shape index (κ1) is 52.1. The molecule has 0 saturated carbocycles. The normalized spacial score (nSPS) is 12.7. The van der Waals surface area contributed by atoms with Crippen LogP contribution in [0.4, 0.5) is 0 Å². The lowest BCUT2D eigenvalue weighted by atomic mass is 9.87. The Balaban J connectivity index is 2.57. The van der Waals surface area contributed by atoms with Gasteiger partial charge in [0.05, 0.1) is 13.2 Å². The molecule has 0 aliphatic heterocycles. The Hall–Kier alpha value is -1.88. The number of hydrogen-bond donors (Lipinski definition) is 0. The summed E-state index contributed by atoms with van der Waals surface area (Å²) < 4.78 is 11.3. The number of benzene rings is 1. The Morgan fingerprint density at radius 2 is 0.929 bits per heavy atom. The Morgan fingerprint density at radius 1 is 0.482 bits per heavy atom. The van der Waals surface area contributed by atoms with Gasteiger partial charge in [0.1, 0.15) is 0 Å². The fraction of sp³-hybridized carbons (Fsp3) is 0.843. The zero-order chi connectivity index (χ0) is 40.7. The van der Waals surface area contributed by atoms with Gasteiger partial charge in [-0.2, -0.15) is 0 Å². The zero-order valence-corrected chi connectivity index (χ0v) is 37.9. The van der Waals surface area contributed by atoms with Gasteiger partial charge in [-0.1, -0.05) is 193 Å². The van der Waals surface area contributed by atoms with Crippen molar-refractivity contribution < 1.29 is 19.1 Å². The molecule has 2 atom stereocenters. The van der Waals surface area contributed by atoms with Crippen molar-refractivity contribution in [2.75, 3.05) is 19.8 Å². The van der Waals surface area contributed by atoms with Crippen LogP contribution in [-0.4, -0.2) is 42.6 Å². The van der Waals surface area contributed by atoms with E-state index in [0.717, 1.165) is 64.0 Å². The highest BCUT2D eigenvalue weighted by Gasteiger charge is 2.23. The minimum Gasteiger partial charge on any atom is -0.466 e. The molecule has 0 bridgehead atoms. The first-order valence-corrected chi connectivity index (χ1v) is 24.6. The molecule has 5 heteroatoms. The molecule has 1 rings (SSSR count). The number of carbonyl (C=O) groups is 2. The lowest BCUT2D eigenvalue weighted by Gasteiger charge is -2.35. The molecule has 0 saturated heterocycles. The van der Waals surface area contributed by atoms with Crippen LogP contribution in [0.15, 0.2) is 30.3 Å². The summed E-state index contributed by atoms with van der Waals surface area (Å²) in [5, 5.41) is 0. The van der Waals surface area contributed by atoms with Gasteiger partial charge in [-0.25, -0.2) is 0 Å². The number of carbonyl (C=O) groups excluding carboxylic acids is 2. The van der Waals surface area contributed by atoms with Gasteiger partial charge in [0.25, 0.3) is 0 Å². The SMILES string of the molecule is CCCCCCCOC(=O)CCCC(CCCCC)CC(CCC)N(CCCCCCCOC(=O)CCCC(CCCCC)CCCCC)Cc1ccccc1. The molecule has 0 aliphatic carbocycles. The second-order valence-corrected chi connectivity index (χ2v) is 17.3. The molecule has 2 unspecified atom stereocenters. The van der Waals surface area contributed by atoms with E-state index in [1.165, 1.54) is 147 Å². The van der Waals surface area contributed by atoms with Crippen LogP contribution in [0.3, 0.4) is 0 Å². The van der Waals surface area contributed by atoms with E-state index in [2.05, 4.69) is 69.9 Å². The molecule has 5 nitrogen and oxygen atoms in total. The molecule has 56 heavy (non-hydrogen) atoms. The van der Waals surface area contributed by atoms with E-state index >= 15 is 0 Å². The molecule has 0 fully saturated rings. The van der Waals surface area contributed by atoms with Crippen molar-refractivity contribution in [1.29, 1.82) is 0 Å². The predicted molar refractivity (Wildman–Crippen MR) is 241 cm³/mol. The quantitative estimate of drug-likeness (QED) is 0.0489. The summed E-state index contributed by atoms with van der Waals surface area (Å²) in [6, 6.07) is 11.6. The maximum atomic E-state index is 12.5. The molecule has 0 aliphatic rings. The minimum absolute atomic E-state index is 0.00328. The minimum atomic E-state index is -0.00328. The van der Waals surface area contributed by atoms with E-state index in [-0.39, 0.29) is 11.9 Å². The highest BCUT2D eigenvalue weighted by Crippen LogP contribution is 2.28. The van der Waals surface area contributed by atoms with Crippen molar-refractivity contribution in [2.45, 2.75) is 246 Å². The highest BCUT2D eigenvalue weighted by atomic mass is 16.5. The molecule has 1 aromatic carbocycles. The first-order chi connectivity index (χ1) is 27.5. The third-order valence-electron chi connectivity index (χ3n) is 12.0. The van der Waals surface area contributed by atoms with Crippen LogP contribution >= 0.6 is 0 Å². The fourth-order valence-electron chi connectivity index (χ4n) is 8.48. The maximum absolute atomic E-state index is 12.5. The van der Waals surface area contributed by atoms with Gasteiger partial charge in [0.2, 0.25) is 0 Å². The van der Waals surface area contributed by atoms with Gasteiger partial charge in [0, 0.05) is 25.4 Å². The van der Waals surface area contributed by atoms with Crippen LogP contribution in [0.5, 0.6) is 0 Å². The molecular weight excluding hydrogens is 691 g/mol. The van der Waals surface area contributed by atoms with Crippen molar-refractivity contribution in [3.63, 3.8) is 0 Å². The third-order valence-corrected chi connectivity index (χ3v) is 12.0. The monoisotopic (exact) mass is 784 g/mol. The van der Waals surface area contributed by atoms with Crippen molar-refractivity contribution in [3.05, 3.63) is 35.9 Å². The largest absolute Gasteiger partial charge is 0.466 e. The number of hydrogen-bond acceptors (Lipinski definition) is 5. The van der Waals surface area contributed by atoms with Crippen LogP contribution < -0.4 is 0 Å². The number of ether oxygens (including phenoxy) is 2. The molecule has 0 spiro atoms. The second kappa shape index (κ2) is 38.6. The van der Waals surface area contributed by atoms with Crippen LogP contribution in [0.25, 0.3) is 0 Å². The maximum Gasteiger partial charge on any atom is 0.305 e. The summed E-state index contributed by atoms with van der Waals surface area (Å²) >= 11 is 0. The Bertz CT molecular complexity index is 989. The van der Waals surface area contributed by atoms with Crippen LogP contribution in [0.2, 0.25) is 0 Å². The Kier molecular flexibility index (Phi) is 36.0. The number of unbranched alkanes of at least 4 members (excludes halogenated alkanes) is 14. The molecule has 0 heterocycles. The predicted octanol–water partition coefficient (Wildman–Crippen LogP) is 15.4. The standard InChI is InChI=1S/C51H93NO4/c1-6-11-15-18-27-42-55-51(54)40-30-38-47(34-23-14-9-4)44-49(31-10-5)52(45-48-35-24-20-25-36-48)41-26-17-16-19-28-43-56-50(53)39-29-37-46(32-21-12-7-2)33-22-13-8-3/h20,24-25,35-36,46-47,49H,6-19,21-23,26-34,37-45H2,1-5H3. The first-order valence-electron chi connectivity index (χ1n) is 24.6. The molecule has 0 amide bonds. The topological polar surface area (TPSA) is 55.8 Å². The van der Waals surface area contributed by atoms with Crippen LogP contribution in [0, 0.1) is 11.8 Å². The summed E-state index contributed by atoms with van der Waals surface area (Å²) in [5.41, 5.74) is 1.40. The van der Waals surface area contributed by atoms with E-state index in [4.69, 9.17) is 9.47 Å². The number of nitrogens with zero attached hydrogens (tertiary/aromatic N) is 1. The molecule has 0 aromatic heterocycles. The van der Waals surface area contributed by atoms with Gasteiger partial charge in [0.15, 0.2) is 0 Å². The zero-order valence-electron chi connectivity index (χ0n) is 37.9. The van der Waals surface area contributed by atoms with Gasteiger partial charge in [-0.15, -0.1) is 0 Å². The van der Waals surface area contributed by atoms with Gasteiger partial charge < -0.3 is 9.47 Å². The van der Waals surface area contributed by atoms with Crippen LogP contribution in [-0.2, 0) is 25.6 Å². The van der Waals surface area contributed by atoms with Crippen molar-refractivity contribution in [1.82, 2.24) is 4.90 Å². The van der Waals surface area contributed by atoms with E-state index in [9.17, 15) is 9.59 Å². The van der Waals surface area contributed by atoms with Crippen molar-refractivity contribution in [2.24, 2.45) is 11.8 Å². The van der Waals surface area contributed by atoms with E-state index < -0.39 is 0 Å². The Labute approximate surface area is 348 Å².